The summed E-state index contributed by atoms with van der Waals surface area (Å²) < 4.78 is 12.9. The number of fused-ring (bicyclic) bond motifs is 1. The largest absolute Gasteiger partial charge is 0.496 e. The predicted molar refractivity (Wildman–Crippen MR) is 132 cm³/mol. The first-order valence-corrected chi connectivity index (χ1v) is 11.1. The van der Waals surface area contributed by atoms with Crippen molar-refractivity contribution in [1.29, 1.82) is 0 Å². The molecule has 10 nitrogen and oxygen atoms in total. The summed E-state index contributed by atoms with van der Waals surface area (Å²) in [4.78, 5) is 41.3. The highest BCUT2D eigenvalue weighted by atomic mass is 16.5. The molecule has 0 aliphatic heterocycles. The average Bonchev–Trinajstić information content (AvgIpc) is 2.84. The summed E-state index contributed by atoms with van der Waals surface area (Å²) in [5.74, 6) is 0.0902. The Kier molecular flexibility index (Phi) is 8.43. The van der Waals surface area contributed by atoms with Crippen LogP contribution in [0.1, 0.15) is 18.4 Å². The van der Waals surface area contributed by atoms with Crippen LogP contribution in [0.4, 0.5) is 0 Å². The number of likely N-dealkylation sites (N-methyl/N-ethyl adjacent to an activating group) is 1. The lowest BCUT2D eigenvalue weighted by Crippen LogP contribution is -2.35. The summed E-state index contributed by atoms with van der Waals surface area (Å²) >= 11 is 0. The monoisotopic (exact) mass is 482 g/mol. The smallest absolute Gasteiger partial charge is 0.303 e. The van der Waals surface area contributed by atoms with Crippen LogP contribution in [0.25, 0.3) is 21.9 Å². The number of hydrogen-bond donors (Lipinski definition) is 2. The Bertz CT molecular complexity index is 1260. The second-order valence-corrected chi connectivity index (χ2v) is 8.26. The highest BCUT2D eigenvalue weighted by Gasteiger charge is 2.18. The number of ether oxygens (including phenoxy) is 2. The lowest BCUT2D eigenvalue weighted by atomic mass is 9.99. The van der Waals surface area contributed by atoms with Gasteiger partial charge in [-0.15, -0.1) is 0 Å². The van der Waals surface area contributed by atoms with Crippen molar-refractivity contribution in [2.75, 3.05) is 34.4 Å². The summed E-state index contributed by atoms with van der Waals surface area (Å²) in [5.41, 5.74) is 2.29. The third-order valence-corrected chi connectivity index (χ3v) is 5.63. The number of aromatic nitrogens is 2. The molecule has 0 saturated carbocycles. The first-order valence-electron chi connectivity index (χ1n) is 11.1. The van der Waals surface area contributed by atoms with Crippen LogP contribution in [0.5, 0.6) is 11.5 Å². The minimum absolute atomic E-state index is 0.0121. The van der Waals surface area contributed by atoms with Crippen LogP contribution in [0.15, 0.2) is 41.6 Å². The molecule has 0 aliphatic rings. The summed E-state index contributed by atoms with van der Waals surface area (Å²) in [5, 5.41) is 12.7. The maximum Gasteiger partial charge on any atom is 0.303 e. The molecular weight excluding hydrogens is 452 g/mol. The van der Waals surface area contributed by atoms with E-state index in [0.717, 1.165) is 22.1 Å². The summed E-state index contributed by atoms with van der Waals surface area (Å²) in [6.45, 7) is 0.816. The van der Waals surface area contributed by atoms with E-state index in [4.69, 9.17) is 14.6 Å². The molecule has 0 atom stereocenters. The summed E-state index contributed by atoms with van der Waals surface area (Å²) in [7, 11) is 6.64. The normalized spacial score (nSPS) is 11.0. The van der Waals surface area contributed by atoms with Gasteiger partial charge < -0.3 is 24.5 Å². The molecule has 0 spiro atoms. The minimum atomic E-state index is -0.888. The van der Waals surface area contributed by atoms with Crippen LogP contribution < -0.4 is 20.3 Å². The van der Waals surface area contributed by atoms with Crippen molar-refractivity contribution in [2.24, 2.45) is 7.05 Å². The maximum absolute atomic E-state index is 12.5. The zero-order valence-corrected chi connectivity index (χ0v) is 20.3. The molecule has 0 saturated heterocycles. The van der Waals surface area contributed by atoms with Crippen molar-refractivity contribution in [3.63, 3.8) is 0 Å². The van der Waals surface area contributed by atoms with E-state index in [-0.39, 0.29) is 24.4 Å². The molecule has 0 unspecified atom stereocenters. The van der Waals surface area contributed by atoms with E-state index in [0.29, 0.717) is 36.4 Å². The molecule has 3 rings (SSSR count). The second kappa shape index (κ2) is 11.5. The molecule has 0 fully saturated rings. The Hall–Kier alpha value is -3.92. The van der Waals surface area contributed by atoms with E-state index < -0.39 is 5.97 Å². The topological polar surface area (TPSA) is 123 Å². The Morgan fingerprint density at radius 3 is 2.49 bits per heavy atom. The number of amides is 1. The zero-order chi connectivity index (χ0) is 25.5. The molecule has 1 amide bonds. The van der Waals surface area contributed by atoms with Gasteiger partial charge in [-0.05, 0) is 42.6 Å². The molecule has 2 aromatic heterocycles. The quantitative estimate of drug-likeness (QED) is 0.398. The van der Waals surface area contributed by atoms with E-state index in [1.54, 1.807) is 46.9 Å². The average molecular weight is 483 g/mol. The molecular formula is C25H30N4O6. The minimum Gasteiger partial charge on any atom is -0.496 e. The molecule has 2 N–H and O–H groups in total. The van der Waals surface area contributed by atoms with Gasteiger partial charge in [0.2, 0.25) is 5.91 Å². The molecule has 1 aromatic carbocycles. The third kappa shape index (κ3) is 6.15. The van der Waals surface area contributed by atoms with Crippen molar-refractivity contribution >= 4 is 22.6 Å². The number of carbonyl (C=O) groups excluding carboxylic acids is 1. The van der Waals surface area contributed by atoms with Crippen LogP contribution in [0.2, 0.25) is 0 Å². The Balaban J connectivity index is 1.87. The number of rotatable bonds is 11. The summed E-state index contributed by atoms with van der Waals surface area (Å²) in [6.07, 6.45) is 5.38. The number of methoxy groups -OCH3 is 2. The fraction of sp³-hybridized carbons (Fsp3) is 0.360. The standard InChI is InChI=1S/C25H30N4O6/c1-28(15-23(30)27-8-5-6-24(31)32)13-20-21(34-3)10-16(11-22(20)35-4)19-14-29(2)25(33)18-12-26-9-7-17(18)19/h7,9-12,14H,5-6,8,13,15H2,1-4H3,(H,27,30)(H,31,32). The molecule has 2 heterocycles. The van der Waals surface area contributed by atoms with Crippen LogP contribution in [-0.2, 0) is 23.2 Å². The van der Waals surface area contributed by atoms with Crippen LogP contribution >= 0.6 is 0 Å². The molecule has 35 heavy (non-hydrogen) atoms. The van der Waals surface area contributed by atoms with Gasteiger partial charge in [0.05, 0.1) is 31.7 Å². The molecule has 0 aliphatic carbocycles. The zero-order valence-electron chi connectivity index (χ0n) is 20.3. The number of hydrogen-bond acceptors (Lipinski definition) is 7. The highest BCUT2D eigenvalue weighted by Crippen LogP contribution is 2.37. The lowest BCUT2D eigenvalue weighted by molar-refractivity contribution is -0.137. The molecule has 0 bridgehead atoms. The van der Waals surface area contributed by atoms with Gasteiger partial charge >= 0.3 is 5.97 Å². The lowest BCUT2D eigenvalue weighted by Gasteiger charge is -2.21. The number of aryl methyl sites for hydroxylation is 1. The van der Waals surface area contributed by atoms with Crippen LogP contribution in [0.3, 0.4) is 0 Å². The van der Waals surface area contributed by atoms with E-state index in [1.807, 2.05) is 23.1 Å². The van der Waals surface area contributed by atoms with E-state index >= 15 is 0 Å². The van der Waals surface area contributed by atoms with E-state index in [9.17, 15) is 14.4 Å². The summed E-state index contributed by atoms with van der Waals surface area (Å²) in [6, 6.07) is 5.58. The number of carbonyl (C=O) groups is 2. The number of carboxylic acids is 1. The number of aliphatic carboxylic acids is 1. The number of nitrogens with one attached hydrogen (secondary N) is 1. The number of benzene rings is 1. The van der Waals surface area contributed by atoms with Crippen molar-refractivity contribution in [1.82, 2.24) is 19.8 Å². The Morgan fingerprint density at radius 2 is 1.86 bits per heavy atom. The fourth-order valence-electron chi connectivity index (χ4n) is 3.93. The number of nitrogens with zero attached hydrogens (tertiary/aromatic N) is 3. The SMILES string of the molecule is COc1cc(-c2cn(C)c(=O)c3cnccc23)cc(OC)c1CN(C)CC(=O)NCCCC(=O)O. The first-order chi connectivity index (χ1) is 16.7. The van der Waals surface area contributed by atoms with Crippen LogP contribution in [-0.4, -0.2) is 65.8 Å². The van der Waals surface area contributed by atoms with Crippen LogP contribution in [0, 0.1) is 0 Å². The Morgan fingerprint density at radius 1 is 1.17 bits per heavy atom. The molecule has 10 heteroatoms. The van der Waals surface area contributed by atoms with E-state index in [2.05, 4.69) is 10.3 Å². The number of pyridine rings is 2. The fourth-order valence-corrected chi connectivity index (χ4v) is 3.93. The van der Waals surface area contributed by atoms with Crippen molar-refractivity contribution in [2.45, 2.75) is 19.4 Å². The molecule has 186 valence electrons. The van der Waals surface area contributed by atoms with Gasteiger partial charge in [0, 0.05) is 50.7 Å². The predicted octanol–water partition coefficient (Wildman–Crippen LogP) is 2.03. The first kappa shape index (κ1) is 25.7. The second-order valence-electron chi connectivity index (χ2n) is 8.26. The Labute approximate surface area is 203 Å². The van der Waals surface area contributed by atoms with E-state index in [1.165, 1.54) is 4.57 Å². The third-order valence-electron chi connectivity index (χ3n) is 5.63. The van der Waals surface area contributed by atoms with Gasteiger partial charge in [-0.2, -0.15) is 0 Å². The van der Waals surface area contributed by atoms with Gasteiger partial charge in [0.25, 0.3) is 5.56 Å². The highest BCUT2D eigenvalue weighted by molar-refractivity contribution is 5.95. The molecule has 0 radical (unpaired) electrons. The van der Waals surface area contributed by atoms with Crippen molar-refractivity contribution < 1.29 is 24.2 Å². The number of carboxylic acid groups (broad SMARTS) is 1. The van der Waals surface area contributed by atoms with Gasteiger partial charge in [0.1, 0.15) is 11.5 Å². The maximum atomic E-state index is 12.5. The van der Waals surface area contributed by atoms with Gasteiger partial charge in [-0.3, -0.25) is 24.3 Å². The van der Waals surface area contributed by atoms with Gasteiger partial charge in [0.15, 0.2) is 0 Å². The van der Waals surface area contributed by atoms with Gasteiger partial charge in [-0.25, -0.2) is 0 Å². The van der Waals surface area contributed by atoms with Gasteiger partial charge in [-0.1, -0.05) is 0 Å². The molecule has 3 aromatic rings. The van der Waals surface area contributed by atoms with Crippen molar-refractivity contribution in [3.05, 3.63) is 52.7 Å². The van der Waals surface area contributed by atoms with Crippen molar-refractivity contribution in [3.8, 4) is 22.6 Å².